The highest BCUT2D eigenvalue weighted by Gasteiger charge is 2.29. The van der Waals surface area contributed by atoms with Crippen LogP contribution in [0.2, 0.25) is 0 Å². The van der Waals surface area contributed by atoms with E-state index in [4.69, 9.17) is 0 Å². The molecule has 0 aliphatic carbocycles. The summed E-state index contributed by atoms with van der Waals surface area (Å²) >= 11 is 0. The van der Waals surface area contributed by atoms with Gasteiger partial charge in [0.05, 0.1) is 5.69 Å². The summed E-state index contributed by atoms with van der Waals surface area (Å²) in [5.41, 5.74) is 1.50. The molecular weight excluding hydrogens is 228 g/mol. The lowest BCUT2D eigenvalue weighted by Crippen LogP contribution is -2.52. The summed E-state index contributed by atoms with van der Waals surface area (Å²) in [7, 11) is 1.82. The standard InChI is InChI=1S/C13H22N4O/c1-4-10-9-11(17(3)16-10)12(18)15-13(2)5-7-14-8-6-13/h9,14H,4-8H2,1-3H3,(H,15,18). The number of rotatable bonds is 3. The predicted molar refractivity (Wildman–Crippen MR) is 70.6 cm³/mol. The number of aryl methyl sites for hydroxylation is 2. The minimum absolute atomic E-state index is 0.0194. The zero-order valence-electron chi connectivity index (χ0n) is 11.4. The Kier molecular flexibility index (Phi) is 3.71. The third kappa shape index (κ3) is 2.72. The summed E-state index contributed by atoms with van der Waals surface area (Å²) < 4.78 is 1.67. The van der Waals surface area contributed by atoms with Gasteiger partial charge in [-0.05, 0) is 45.3 Å². The van der Waals surface area contributed by atoms with Gasteiger partial charge in [0, 0.05) is 12.6 Å². The lowest BCUT2D eigenvalue weighted by atomic mass is 9.90. The number of hydrogen-bond donors (Lipinski definition) is 2. The van der Waals surface area contributed by atoms with Gasteiger partial charge in [-0.1, -0.05) is 6.92 Å². The smallest absolute Gasteiger partial charge is 0.269 e. The summed E-state index contributed by atoms with van der Waals surface area (Å²) in [5.74, 6) is -0.0194. The van der Waals surface area contributed by atoms with E-state index in [1.807, 2.05) is 20.0 Å². The van der Waals surface area contributed by atoms with Crippen molar-refractivity contribution < 1.29 is 4.79 Å². The van der Waals surface area contributed by atoms with Gasteiger partial charge in [-0.2, -0.15) is 5.10 Å². The molecule has 5 heteroatoms. The third-order valence-corrected chi connectivity index (χ3v) is 3.65. The Labute approximate surface area is 108 Å². The van der Waals surface area contributed by atoms with Crippen LogP contribution >= 0.6 is 0 Å². The fourth-order valence-corrected chi connectivity index (χ4v) is 2.35. The molecule has 2 N–H and O–H groups in total. The van der Waals surface area contributed by atoms with Crippen LogP contribution in [0.3, 0.4) is 0 Å². The third-order valence-electron chi connectivity index (χ3n) is 3.65. The quantitative estimate of drug-likeness (QED) is 0.836. The van der Waals surface area contributed by atoms with E-state index in [1.54, 1.807) is 4.68 Å². The first-order valence-electron chi connectivity index (χ1n) is 6.60. The first-order valence-corrected chi connectivity index (χ1v) is 6.60. The monoisotopic (exact) mass is 250 g/mol. The van der Waals surface area contributed by atoms with Crippen molar-refractivity contribution in [1.29, 1.82) is 0 Å². The van der Waals surface area contributed by atoms with Gasteiger partial charge in [0.15, 0.2) is 0 Å². The largest absolute Gasteiger partial charge is 0.345 e. The van der Waals surface area contributed by atoms with Crippen molar-refractivity contribution in [1.82, 2.24) is 20.4 Å². The molecule has 1 aromatic rings. The lowest BCUT2D eigenvalue weighted by Gasteiger charge is -2.34. The molecule has 0 radical (unpaired) electrons. The lowest BCUT2D eigenvalue weighted by molar-refractivity contribution is 0.0878. The average Bonchev–Trinajstić information content (AvgIpc) is 2.71. The molecule has 5 nitrogen and oxygen atoms in total. The van der Waals surface area contributed by atoms with E-state index >= 15 is 0 Å². The minimum atomic E-state index is -0.0982. The van der Waals surface area contributed by atoms with Crippen LogP contribution in [0.25, 0.3) is 0 Å². The first-order chi connectivity index (χ1) is 8.54. The van der Waals surface area contributed by atoms with Crippen molar-refractivity contribution in [3.05, 3.63) is 17.5 Å². The SMILES string of the molecule is CCc1cc(C(=O)NC2(C)CCNCC2)n(C)n1. The van der Waals surface area contributed by atoms with Crippen molar-refractivity contribution in [2.24, 2.45) is 7.05 Å². The normalized spacial score (nSPS) is 18.6. The molecule has 1 saturated heterocycles. The maximum atomic E-state index is 12.3. The topological polar surface area (TPSA) is 59.0 Å². The molecule has 100 valence electrons. The fraction of sp³-hybridized carbons (Fsp3) is 0.692. The Morgan fingerprint density at radius 2 is 2.22 bits per heavy atom. The number of amides is 1. The average molecular weight is 250 g/mol. The Hall–Kier alpha value is -1.36. The van der Waals surface area contributed by atoms with E-state index in [-0.39, 0.29) is 11.4 Å². The van der Waals surface area contributed by atoms with Crippen LogP contribution in [0, 0.1) is 0 Å². The van der Waals surface area contributed by atoms with Gasteiger partial charge in [0.1, 0.15) is 5.69 Å². The summed E-state index contributed by atoms with van der Waals surface area (Å²) in [5, 5.41) is 10.8. The number of aromatic nitrogens is 2. The van der Waals surface area contributed by atoms with E-state index in [1.165, 1.54) is 0 Å². The molecule has 0 aromatic carbocycles. The minimum Gasteiger partial charge on any atom is -0.345 e. The molecule has 2 heterocycles. The second-order valence-electron chi connectivity index (χ2n) is 5.26. The molecule has 1 aromatic heterocycles. The van der Waals surface area contributed by atoms with Crippen LogP contribution in [0.4, 0.5) is 0 Å². The van der Waals surface area contributed by atoms with Crippen molar-refractivity contribution in [3.8, 4) is 0 Å². The van der Waals surface area contributed by atoms with E-state index in [2.05, 4.69) is 22.7 Å². The molecule has 0 bridgehead atoms. The Morgan fingerprint density at radius 3 is 2.78 bits per heavy atom. The zero-order valence-corrected chi connectivity index (χ0v) is 11.4. The maximum absolute atomic E-state index is 12.3. The van der Waals surface area contributed by atoms with E-state index < -0.39 is 0 Å². The van der Waals surface area contributed by atoms with Gasteiger partial charge in [-0.15, -0.1) is 0 Å². The summed E-state index contributed by atoms with van der Waals surface area (Å²) in [6.45, 7) is 6.08. The first kappa shape index (κ1) is 13.1. The zero-order chi connectivity index (χ0) is 13.2. The van der Waals surface area contributed by atoms with Crippen molar-refractivity contribution in [2.75, 3.05) is 13.1 Å². The van der Waals surface area contributed by atoms with Crippen LogP contribution in [0.1, 0.15) is 42.9 Å². The van der Waals surface area contributed by atoms with E-state index in [9.17, 15) is 4.79 Å². The van der Waals surface area contributed by atoms with Crippen molar-refractivity contribution in [3.63, 3.8) is 0 Å². The van der Waals surface area contributed by atoms with E-state index in [0.29, 0.717) is 5.69 Å². The van der Waals surface area contributed by atoms with Crippen molar-refractivity contribution >= 4 is 5.91 Å². The van der Waals surface area contributed by atoms with E-state index in [0.717, 1.165) is 38.0 Å². The molecule has 1 aliphatic rings. The molecule has 2 rings (SSSR count). The molecule has 0 unspecified atom stereocenters. The number of nitrogens with zero attached hydrogens (tertiary/aromatic N) is 2. The molecule has 0 atom stereocenters. The van der Waals surface area contributed by atoms with Crippen LogP contribution < -0.4 is 10.6 Å². The Balaban J connectivity index is 2.08. The maximum Gasteiger partial charge on any atom is 0.269 e. The van der Waals surface area contributed by atoms with Crippen LogP contribution in [-0.2, 0) is 13.5 Å². The van der Waals surface area contributed by atoms with Gasteiger partial charge < -0.3 is 10.6 Å². The predicted octanol–water partition coefficient (Wildman–Crippen LogP) is 0.854. The highest BCUT2D eigenvalue weighted by Crippen LogP contribution is 2.18. The summed E-state index contributed by atoms with van der Waals surface area (Å²) in [4.78, 5) is 12.3. The summed E-state index contributed by atoms with van der Waals surface area (Å²) in [6, 6.07) is 1.87. The molecule has 18 heavy (non-hydrogen) atoms. The number of nitrogens with one attached hydrogen (secondary N) is 2. The molecule has 0 saturated carbocycles. The number of carbonyl (C=O) groups is 1. The van der Waals surface area contributed by atoms with Crippen LogP contribution in [-0.4, -0.2) is 34.3 Å². The molecule has 0 spiro atoms. The number of carbonyl (C=O) groups excluding carboxylic acids is 1. The Morgan fingerprint density at radius 1 is 1.56 bits per heavy atom. The Bertz CT molecular complexity index is 432. The highest BCUT2D eigenvalue weighted by atomic mass is 16.2. The summed E-state index contributed by atoms with van der Waals surface area (Å²) in [6.07, 6.45) is 2.79. The van der Waals surface area contributed by atoms with Gasteiger partial charge >= 0.3 is 0 Å². The van der Waals surface area contributed by atoms with Crippen LogP contribution in [0.5, 0.6) is 0 Å². The van der Waals surface area contributed by atoms with Gasteiger partial charge in [-0.3, -0.25) is 9.48 Å². The van der Waals surface area contributed by atoms with Crippen LogP contribution in [0.15, 0.2) is 6.07 Å². The molecular formula is C13H22N4O. The molecule has 1 amide bonds. The second kappa shape index (κ2) is 5.10. The number of piperidine rings is 1. The van der Waals surface area contributed by atoms with Crippen molar-refractivity contribution in [2.45, 2.75) is 38.6 Å². The fourth-order valence-electron chi connectivity index (χ4n) is 2.35. The molecule has 1 fully saturated rings. The van der Waals surface area contributed by atoms with Gasteiger partial charge in [0.2, 0.25) is 0 Å². The van der Waals surface area contributed by atoms with Gasteiger partial charge in [-0.25, -0.2) is 0 Å². The molecule has 1 aliphatic heterocycles. The number of hydrogen-bond acceptors (Lipinski definition) is 3. The highest BCUT2D eigenvalue weighted by molar-refractivity contribution is 5.93. The van der Waals surface area contributed by atoms with Gasteiger partial charge in [0.25, 0.3) is 5.91 Å². The second-order valence-corrected chi connectivity index (χ2v) is 5.26.